The van der Waals surface area contributed by atoms with E-state index in [1.165, 1.54) is 5.56 Å². The molecule has 2 N–H and O–H groups in total. The highest BCUT2D eigenvalue weighted by Crippen LogP contribution is 2.01. The molecule has 4 heteroatoms. The SMILES string of the molecule is C/C(=C/Cc1ccccc1)NNC(=O)c1ccccn1. The summed E-state index contributed by atoms with van der Waals surface area (Å²) in [6, 6.07) is 15.4. The van der Waals surface area contributed by atoms with Gasteiger partial charge in [-0.15, -0.1) is 0 Å². The van der Waals surface area contributed by atoms with Gasteiger partial charge in [0.25, 0.3) is 5.91 Å². The van der Waals surface area contributed by atoms with Crippen LogP contribution < -0.4 is 10.9 Å². The minimum Gasteiger partial charge on any atom is -0.303 e. The molecule has 1 aromatic heterocycles. The van der Waals surface area contributed by atoms with Crippen molar-refractivity contribution in [3.63, 3.8) is 0 Å². The van der Waals surface area contributed by atoms with E-state index in [-0.39, 0.29) is 5.91 Å². The largest absolute Gasteiger partial charge is 0.303 e. The number of hydrazine groups is 1. The Morgan fingerprint density at radius 2 is 1.85 bits per heavy atom. The molecule has 2 rings (SSSR count). The van der Waals surface area contributed by atoms with E-state index in [9.17, 15) is 4.79 Å². The third-order valence-electron chi connectivity index (χ3n) is 2.76. The molecule has 0 aliphatic heterocycles. The van der Waals surface area contributed by atoms with Gasteiger partial charge in [-0.3, -0.25) is 15.2 Å². The number of allylic oxidation sites excluding steroid dienone is 2. The van der Waals surface area contributed by atoms with Crippen LogP contribution in [0.15, 0.2) is 66.5 Å². The van der Waals surface area contributed by atoms with Crippen LogP contribution in [0.25, 0.3) is 0 Å². The fourth-order valence-electron chi connectivity index (χ4n) is 1.65. The second-order valence-corrected chi connectivity index (χ2v) is 4.37. The quantitative estimate of drug-likeness (QED) is 0.818. The molecule has 1 heterocycles. The van der Waals surface area contributed by atoms with Crippen molar-refractivity contribution in [2.45, 2.75) is 13.3 Å². The number of rotatable bonds is 5. The predicted octanol–water partition coefficient (Wildman–Crippen LogP) is 2.46. The Bertz CT molecular complexity index is 579. The normalized spacial score (nSPS) is 10.9. The lowest BCUT2D eigenvalue weighted by Crippen LogP contribution is -2.36. The number of benzene rings is 1. The molecule has 0 aliphatic rings. The maximum Gasteiger partial charge on any atom is 0.288 e. The number of hydrogen-bond acceptors (Lipinski definition) is 3. The lowest BCUT2D eigenvalue weighted by atomic mass is 10.1. The molecule has 0 atom stereocenters. The molecule has 1 aromatic carbocycles. The van der Waals surface area contributed by atoms with E-state index >= 15 is 0 Å². The summed E-state index contributed by atoms with van der Waals surface area (Å²) in [7, 11) is 0. The summed E-state index contributed by atoms with van der Waals surface area (Å²) < 4.78 is 0. The van der Waals surface area contributed by atoms with Gasteiger partial charge in [-0.25, -0.2) is 0 Å². The molecule has 0 saturated carbocycles. The zero-order valence-electron chi connectivity index (χ0n) is 11.3. The van der Waals surface area contributed by atoms with Crippen LogP contribution in [0.5, 0.6) is 0 Å². The molecule has 1 amide bonds. The van der Waals surface area contributed by atoms with Gasteiger partial charge < -0.3 is 5.43 Å². The summed E-state index contributed by atoms with van der Waals surface area (Å²) in [6.07, 6.45) is 4.43. The Morgan fingerprint density at radius 1 is 1.10 bits per heavy atom. The molecule has 0 radical (unpaired) electrons. The molecule has 0 spiro atoms. The molecule has 2 aromatic rings. The highest BCUT2D eigenvalue weighted by molar-refractivity contribution is 5.91. The molecule has 0 aliphatic carbocycles. The van der Waals surface area contributed by atoms with Crippen molar-refractivity contribution < 1.29 is 4.79 Å². The number of nitrogens with one attached hydrogen (secondary N) is 2. The first-order chi connectivity index (χ1) is 9.75. The third kappa shape index (κ3) is 4.24. The minimum absolute atomic E-state index is 0.252. The van der Waals surface area contributed by atoms with Crippen LogP contribution in [0, 0.1) is 0 Å². The van der Waals surface area contributed by atoms with Gasteiger partial charge in [0.15, 0.2) is 0 Å². The van der Waals surface area contributed by atoms with Crippen LogP contribution in [0.3, 0.4) is 0 Å². The smallest absolute Gasteiger partial charge is 0.288 e. The van der Waals surface area contributed by atoms with Crippen LogP contribution >= 0.6 is 0 Å². The van der Waals surface area contributed by atoms with E-state index < -0.39 is 0 Å². The molecule has 0 bridgehead atoms. The first kappa shape index (κ1) is 13.8. The summed E-state index contributed by atoms with van der Waals surface area (Å²) >= 11 is 0. The average molecular weight is 267 g/mol. The Balaban J connectivity index is 1.83. The van der Waals surface area contributed by atoms with Crippen LogP contribution in [-0.4, -0.2) is 10.9 Å². The van der Waals surface area contributed by atoms with Crippen LogP contribution in [0.1, 0.15) is 23.0 Å². The van der Waals surface area contributed by atoms with Crippen LogP contribution in [0.2, 0.25) is 0 Å². The van der Waals surface area contributed by atoms with Gasteiger partial charge in [0, 0.05) is 11.9 Å². The fourth-order valence-corrected chi connectivity index (χ4v) is 1.65. The Morgan fingerprint density at radius 3 is 2.55 bits per heavy atom. The summed E-state index contributed by atoms with van der Waals surface area (Å²) in [5.41, 5.74) is 7.99. The van der Waals surface area contributed by atoms with E-state index in [0.717, 1.165) is 12.1 Å². The topological polar surface area (TPSA) is 54.0 Å². The second kappa shape index (κ2) is 7.09. The van der Waals surface area contributed by atoms with E-state index in [1.54, 1.807) is 24.4 Å². The van der Waals surface area contributed by atoms with Gasteiger partial charge in [0.1, 0.15) is 5.69 Å². The van der Waals surface area contributed by atoms with Crippen molar-refractivity contribution in [2.75, 3.05) is 0 Å². The van der Waals surface area contributed by atoms with Gasteiger partial charge >= 0.3 is 0 Å². The Labute approximate surface area is 118 Å². The van der Waals surface area contributed by atoms with Crippen molar-refractivity contribution in [1.29, 1.82) is 0 Å². The number of hydrogen-bond donors (Lipinski definition) is 2. The minimum atomic E-state index is -0.252. The molecule has 0 fully saturated rings. The zero-order chi connectivity index (χ0) is 14.2. The number of carbonyl (C=O) groups excluding carboxylic acids is 1. The Hall–Kier alpha value is -2.62. The van der Waals surface area contributed by atoms with E-state index in [1.807, 2.05) is 31.2 Å². The molecule has 0 unspecified atom stereocenters. The van der Waals surface area contributed by atoms with Crippen molar-refractivity contribution >= 4 is 5.91 Å². The van der Waals surface area contributed by atoms with Crippen molar-refractivity contribution in [3.05, 3.63) is 77.8 Å². The standard InChI is InChI=1S/C16H17N3O/c1-13(10-11-14-7-3-2-4-8-14)18-19-16(20)15-9-5-6-12-17-15/h2-10,12,18H,11H2,1H3,(H,19,20)/b13-10-. The molecule has 102 valence electrons. The predicted molar refractivity (Wildman–Crippen MR) is 78.7 cm³/mol. The molecule has 4 nitrogen and oxygen atoms in total. The molecular formula is C16H17N3O. The van der Waals surface area contributed by atoms with Crippen LogP contribution in [-0.2, 0) is 6.42 Å². The van der Waals surface area contributed by atoms with E-state index in [0.29, 0.717) is 5.69 Å². The summed E-state index contributed by atoms with van der Waals surface area (Å²) in [5.74, 6) is -0.252. The summed E-state index contributed by atoms with van der Waals surface area (Å²) in [4.78, 5) is 15.7. The van der Waals surface area contributed by atoms with Gasteiger partial charge in [0.2, 0.25) is 0 Å². The Kier molecular flexibility index (Phi) is 4.89. The van der Waals surface area contributed by atoms with Gasteiger partial charge in [0.05, 0.1) is 0 Å². The van der Waals surface area contributed by atoms with Crippen molar-refractivity contribution in [3.8, 4) is 0 Å². The average Bonchev–Trinajstić information content (AvgIpc) is 2.52. The van der Waals surface area contributed by atoms with Crippen LogP contribution in [0.4, 0.5) is 0 Å². The molecule has 0 saturated heterocycles. The van der Waals surface area contributed by atoms with Crippen molar-refractivity contribution in [1.82, 2.24) is 15.8 Å². The first-order valence-electron chi connectivity index (χ1n) is 6.44. The monoisotopic (exact) mass is 267 g/mol. The van der Waals surface area contributed by atoms with Gasteiger partial charge in [-0.1, -0.05) is 42.5 Å². The first-order valence-corrected chi connectivity index (χ1v) is 6.44. The van der Waals surface area contributed by atoms with Gasteiger partial charge in [-0.05, 0) is 31.0 Å². The highest BCUT2D eigenvalue weighted by atomic mass is 16.2. The number of aromatic nitrogens is 1. The highest BCUT2D eigenvalue weighted by Gasteiger charge is 2.04. The molecular weight excluding hydrogens is 250 g/mol. The summed E-state index contributed by atoms with van der Waals surface area (Å²) in [6.45, 7) is 1.90. The summed E-state index contributed by atoms with van der Waals surface area (Å²) in [5, 5.41) is 0. The lowest BCUT2D eigenvalue weighted by molar-refractivity contribution is 0.0934. The number of pyridine rings is 1. The fraction of sp³-hybridized carbons (Fsp3) is 0.125. The second-order valence-electron chi connectivity index (χ2n) is 4.37. The maximum absolute atomic E-state index is 11.8. The van der Waals surface area contributed by atoms with Crippen molar-refractivity contribution in [2.24, 2.45) is 0 Å². The molecule has 20 heavy (non-hydrogen) atoms. The number of carbonyl (C=O) groups is 1. The third-order valence-corrected chi connectivity index (χ3v) is 2.76. The lowest BCUT2D eigenvalue weighted by Gasteiger charge is -2.08. The number of amides is 1. The van der Waals surface area contributed by atoms with Gasteiger partial charge in [-0.2, -0.15) is 0 Å². The maximum atomic E-state index is 11.8. The number of nitrogens with zero attached hydrogens (tertiary/aromatic N) is 1. The zero-order valence-corrected chi connectivity index (χ0v) is 11.3. The van der Waals surface area contributed by atoms with E-state index in [4.69, 9.17) is 0 Å². The van der Waals surface area contributed by atoms with E-state index in [2.05, 4.69) is 28.0 Å².